The van der Waals surface area contributed by atoms with Crippen molar-refractivity contribution in [3.63, 3.8) is 0 Å². The minimum atomic E-state index is -3.45. The fourth-order valence-corrected chi connectivity index (χ4v) is 5.40. The Morgan fingerprint density at radius 1 is 1.24 bits per heavy atom. The van der Waals surface area contributed by atoms with Crippen LogP contribution in [-0.2, 0) is 10.0 Å². The molecule has 114 valence electrons. The highest BCUT2D eigenvalue weighted by molar-refractivity contribution is 7.91. The summed E-state index contributed by atoms with van der Waals surface area (Å²) in [7, 11) is -3.45. The van der Waals surface area contributed by atoms with Gasteiger partial charge in [0.1, 0.15) is 6.33 Å². The van der Waals surface area contributed by atoms with Gasteiger partial charge in [-0.15, -0.1) is 11.3 Å². The van der Waals surface area contributed by atoms with E-state index in [1.165, 1.54) is 22.0 Å². The molecule has 0 radical (unpaired) electrons. The number of hydrogen-bond donors (Lipinski definition) is 1. The number of rotatable bonds is 3. The fraction of sp³-hybridized carbons (Fsp3) is 0.545. The number of aromatic nitrogens is 4. The molecule has 1 aliphatic heterocycles. The van der Waals surface area contributed by atoms with Crippen LogP contribution in [0.4, 0.5) is 5.95 Å². The Balaban J connectivity index is 1.76. The van der Waals surface area contributed by atoms with Gasteiger partial charge in [-0.2, -0.15) is 14.4 Å². The molecule has 3 heterocycles. The van der Waals surface area contributed by atoms with Gasteiger partial charge in [-0.3, -0.25) is 0 Å². The zero-order chi connectivity index (χ0) is 15.0. The molecule has 0 atom stereocenters. The van der Waals surface area contributed by atoms with E-state index in [4.69, 9.17) is 0 Å². The summed E-state index contributed by atoms with van der Waals surface area (Å²) < 4.78 is 27.2. The van der Waals surface area contributed by atoms with E-state index in [1.54, 1.807) is 6.92 Å². The molecule has 0 amide bonds. The lowest BCUT2D eigenvalue weighted by Crippen LogP contribution is -2.49. The molecule has 8 nitrogen and oxygen atoms in total. The van der Waals surface area contributed by atoms with Crippen LogP contribution in [0.3, 0.4) is 0 Å². The fourth-order valence-electron chi connectivity index (χ4n) is 2.36. The van der Waals surface area contributed by atoms with Gasteiger partial charge in [-0.1, -0.05) is 0 Å². The third-order valence-electron chi connectivity index (χ3n) is 3.38. The second-order valence-corrected chi connectivity index (χ2v) is 8.14. The third-order valence-corrected chi connectivity index (χ3v) is 6.93. The van der Waals surface area contributed by atoms with E-state index in [0.29, 0.717) is 42.0 Å². The molecule has 1 saturated heterocycles. The number of thiazole rings is 1. The zero-order valence-electron chi connectivity index (χ0n) is 11.8. The predicted octanol–water partition coefficient (Wildman–Crippen LogP) is 0.389. The van der Waals surface area contributed by atoms with Crippen molar-refractivity contribution in [2.75, 3.05) is 31.1 Å². The van der Waals surface area contributed by atoms with Crippen LogP contribution in [0.15, 0.2) is 10.5 Å². The normalized spacial score (nSPS) is 17.3. The highest BCUT2D eigenvalue weighted by Gasteiger charge is 2.32. The highest BCUT2D eigenvalue weighted by Crippen LogP contribution is 2.27. The highest BCUT2D eigenvalue weighted by atomic mass is 32.2. The van der Waals surface area contributed by atoms with Gasteiger partial charge in [0.2, 0.25) is 5.95 Å². The quantitative estimate of drug-likeness (QED) is 0.876. The van der Waals surface area contributed by atoms with E-state index in [1.807, 2.05) is 11.8 Å². The Labute approximate surface area is 126 Å². The Hall–Kier alpha value is -1.52. The SMILES string of the molecule is Cc1nc(C)c(S(=O)(=O)N2CCN(c3ncn[nH]3)CC2)s1. The van der Waals surface area contributed by atoms with Crippen molar-refractivity contribution in [1.29, 1.82) is 0 Å². The molecule has 0 spiro atoms. The third kappa shape index (κ3) is 2.65. The largest absolute Gasteiger partial charge is 0.339 e. The average molecular weight is 328 g/mol. The first-order valence-electron chi connectivity index (χ1n) is 6.53. The van der Waals surface area contributed by atoms with Gasteiger partial charge in [0.25, 0.3) is 10.0 Å². The number of nitrogens with zero attached hydrogens (tertiary/aromatic N) is 5. The first kappa shape index (κ1) is 14.4. The minimum absolute atomic E-state index is 0.355. The summed E-state index contributed by atoms with van der Waals surface area (Å²) >= 11 is 1.23. The van der Waals surface area contributed by atoms with Crippen molar-refractivity contribution in [2.45, 2.75) is 18.1 Å². The van der Waals surface area contributed by atoms with Gasteiger partial charge in [-0.25, -0.2) is 18.5 Å². The molecule has 10 heteroatoms. The number of aromatic amines is 1. The van der Waals surface area contributed by atoms with Crippen molar-refractivity contribution in [3.05, 3.63) is 17.0 Å². The maximum atomic E-state index is 12.7. The molecule has 1 N–H and O–H groups in total. The van der Waals surface area contributed by atoms with E-state index in [0.717, 1.165) is 5.01 Å². The molecule has 1 aliphatic rings. The van der Waals surface area contributed by atoms with Crippen LogP contribution in [0.5, 0.6) is 0 Å². The lowest BCUT2D eigenvalue weighted by Gasteiger charge is -2.33. The van der Waals surface area contributed by atoms with Crippen molar-refractivity contribution < 1.29 is 8.42 Å². The van der Waals surface area contributed by atoms with Crippen LogP contribution < -0.4 is 4.90 Å². The topological polar surface area (TPSA) is 95.1 Å². The summed E-state index contributed by atoms with van der Waals surface area (Å²) in [5.41, 5.74) is 0.579. The maximum Gasteiger partial charge on any atom is 0.254 e. The molecule has 1 fully saturated rings. The molecule has 2 aromatic heterocycles. The zero-order valence-corrected chi connectivity index (χ0v) is 13.4. The number of sulfonamides is 1. The first-order chi connectivity index (χ1) is 9.98. The smallest absolute Gasteiger partial charge is 0.254 e. The minimum Gasteiger partial charge on any atom is -0.339 e. The van der Waals surface area contributed by atoms with Gasteiger partial charge in [0.05, 0.1) is 10.7 Å². The summed E-state index contributed by atoms with van der Waals surface area (Å²) in [6.45, 7) is 5.59. The van der Waals surface area contributed by atoms with Crippen molar-refractivity contribution in [3.8, 4) is 0 Å². The molecule has 21 heavy (non-hydrogen) atoms. The van der Waals surface area contributed by atoms with E-state index in [9.17, 15) is 8.42 Å². The van der Waals surface area contributed by atoms with Crippen LogP contribution >= 0.6 is 11.3 Å². The Morgan fingerprint density at radius 2 is 1.95 bits per heavy atom. The predicted molar refractivity (Wildman–Crippen MR) is 78.9 cm³/mol. The summed E-state index contributed by atoms with van der Waals surface area (Å²) in [6.07, 6.45) is 1.45. The molecule has 2 aromatic rings. The monoisotopic (exact) mass is 328 g/mol. The van der Waals surface area contributed by atoms with E-state index in [2.05, 4.69) is 20.2 Å². The van der Waals surface area contributed by atoms with Gasteiger partial charge < -0.3 is 4.90 Å². The van der Waals surface area contributed by atoms with Gasteiger partial charge in [-0.05, 0) is 13.8 Å². The number of H-pyrrole nitrogens is 1. The van der Waals surface area contributed by atoms with Gasteiger partial charge in [0, 0.05) is 26.2 Å². The summed E-state index contributed by atoms with van der Waals surface area (Å²) in [5.74, 6) is 0.678. The molecule has 0 aromatic carbocycles. The molecular weight excluding hydrogens is 312 g/mol. The van der Waals surface area contributed by atoms with Gasteiger partial charge in [0.15, 0.2) is 4.21 Å². The van der Waals surface area contributed by atoms with E-state index in [-0.39, 0.29) is 0 Å². The standard InChI is InChI=1S/C11H16N6O2S2/c1-8-10(20-9(2)14-8)21(18,19)17-5-3-16(4-6-17)11-12-7-13-15-11/h7H,3-6H2,1-2H3,(H,12,13,15). The van der Waals surface area contributed by atoms with Crippen LogP contribution in [0.1, 0.15) is 10.7 Å². The molecule has 0 bridgehead atoms. The van der Waals surface area contributed by atoms with Crippen molar-refractivity contribution in [2.24, 2.45) is 0 Å². The summed E-state index contributed by atoms with van der Waals surface area (Å²) in [4.78, 5) is 10.3. The molecule has 0 aliphatic carbocycles. The van der Waals surface area contributed by atoms with Crippen LogP contribution in [0.25, 0.3) is 0 Å². The maximum absolute atomic E-state index is 12.7. The van der Waals surface area contributed by atoms with Crippen molar-refractivity contribution in [1.82, 2.24) is 24.5 Å². The lowest BCUT2D eigenvalue weighted by atomic mass is 10.4. The van der Waals surface area contributed by atoms with Crippen LogP contribution in [-0.4, -0.2) is 59.1 Å². The Morgan fingerprint density at radius 3 is 2.48 bits per heavy atom. The number of anilines is 1. The number of aryl methyl sites for hydroxylation is 2. The summed E-state index contributed by atoms with van der Waals surface area (Å²) in [6, 6.07) is 0. The molecule has 3 rings (SSSR count). The number of hydrogen-bond acceptors (Lipinski definition) is 7. The second kappa shape index (κ2) is 5.35. The molecule has 0 saturated carbocycles. The lowest BCUT2D eigenvalue weighted by molar-refractivity contribution is 0.383. The second-order valence-electron chi connectivity index (χ2n) is 4.81. The number of piperazine rings is 1. The van der Waals surface area contributed by atoms with Gasteiger partial charge >= 0.3 is 0 Å². The van der Waals surface area contributed by atoms with E-state index >= 15 is 0 Å². The first-order valence-corrected chi connectivity index (χ1v) is 8.78. The van der Waals surface area contributed by atoms with Crippen LogP contribution in [0, 0.1) is 13.8 Å². The number of nitrogens with one attached hydrogen (secondary N) is 1. The van der Waals surface area contributed by atoms with Crippen molar-refractivity contribution >= 4 is 27.3 Å². The Kier molecular flexibility index (Phi) is 3.68. The summed E-state index contributed by atoms with van der Waals surface area (Å²) in [5, 5.41) is 7.37. The van der Waals surface area contributed by atoms with Crippen LogP contribution in [0.2, 0.25) is 0 Å². The molecule has 0 unspecified atom stereocenters. The Bertz CT molecular complexity index is 716. The van der Waals surface area contributed by atoms with E-state index < -0.39 is 10.0 Å². The molecular formula is C11H16N6O2S2. The average Bonchev–Trinajstić information content (AvgIpc) is 3.09.